The van der Waals surface area contributed by atoms with Crippen molar-refractivity contribution in [3.8, 4) is 0 Å². The highest BCUT2D eigenvalue weighted by molar-refractivity contribution is 4.58. The lowest BCUT2D eigenvalue weighted by molar-refractivity contribution is 0.00647. The van der Waals surface area contributed by atoms with Crippen molar-refractivity contribution in [2.75, 3.05) is 26.3 Å². The van der Waals surface area contributed by atoms with Gasteiger partial charge in [-0.15, -0.1) is 0 Å². The summed E-state index contributed by atoms with van der Waals surface area (Å²) in [6.45, 7) is 8.04. The molecular formula is C7H16N2O. The molecule has 0 aromatic rings. The van der Waals surface area contributed by atoms with Gasteiger partial charge in [-0.05, 0) is 13.8 Å². The molecule has 1 N–H and O–H groups in total. The van der Waals surface area contributed by atoms with Gasteiger partial charge in [0, 0.05) is 19.1 Å². The molecule has 60 valence electrons. The summed E-state index contributed by atoms with van der Waals surface area (Å²) in [7, 11) is 0. The van der Waals surface area contributed by atoms with E-state index in [2.05, 4.69) is 24.3 Å². The largest absolute Gasteiger partial charge is 0.379 e. The summed E-state index contributed by atoms with van der Waals surface area (Å²) in [6, 6.07) is 0.540. The Labute approximate surface area is 62.3 Å². The highest BCUT2D eigenvalue weighted by Gasteiger charge is 2.09. The van der Waals surface area contributed by atoms with E-state index >= 15 is 0 Å². The van der Waals surface area contributed by atoms with Crippen LogP contribution in [0.1, 0.15) is 13.8 Å². The molecule has 3 heteroatoms. The Morgan fingerprint density at radius 2 is 1.90 bits per heavy atom. The van der Waals surface area contributed by atoms with Crippen molar-refractivity contribution in [2.45, 2.75) is 19.9 Å². The van der Waals surface area contributed by atoms with Gasteiger partial charge in [0.25, 0.3) is 0 Å². The molecule has 0 spiro atoms. The van der Waals surface area contributed by atoms with Crippen LogP contribution in [0.5, 0.6) is 0 Å². The summed E-state index contributed by atoms with van der Waals surface area (Å²) in [5.41, 5.74) is 3.34. The molecule has 0 aliphatic carbocycles. The van der Waals surface area contributed by atoms with E-state index < -0.39 is 0 Å². The highest BCUT2D eigenvalue weighted by atomic mass is 16.5. The summed E-state index contributed by atoms with van der Waals surface area (Å²) < 4.78 is 5.20. The average molecular weight is 144 g/mol. The first-order valence-corrected chi connectivity index (χ1v) is 3.88. The molecular weight excluding hydrogens is 128 g/mol. The third-order valence-electron chi connectivity index (χ3n) is 1.45. The minimum absolute atomic E-state index is 0.540. The number of hydrogen-bond donors (Lipinski definition) is 1. The van der Waals surface area contributed by atoms with Gasteiger partial charge in [-0.2, -0.15) is 0 Å². The maximum Gasteiger partial charge on any atom is 0.0608 e. The van der Waals surface area contributed by atoms with Crippen LogP contribution < -0.4 is 5.43 Å². The van der Waals surface area contributed by atoms with Crippen LogP contribution in [0.25, 0.3) is 0 Å². The minimum atomic E-state index is 0.540. The minimum Gasteiger partial charge on any atom is -0.379 e. The van der Waals surface area contributed by atoms with E-state index in [-0.39, 0.29) is 0 Å². The molecule has 0 radical (unpaired) electrons. The van der Waals surface area contributed by atoms with Crippen LogP contribution in [0, 0.1) is 0 Å². The predicted molar refractivity (Wildman–Crippen MR) is 40.7 cm³/mol. The number of ether oxygens (including phenoxy) is 1. The quantitative estimate of drug-likeness (QED) is 0.600. The van der Waals surface area contributed by atoms with E-state index in [0.29, 0.717) is 6.04 Å². The van der Waals surface area contributed by atoms with Crippen molar-refractivity contribution in [1.82, 2.24) is 10.4 Å². The molecule has 0 saturated carbocycles. The van der Waals surface area contributed by atoms with Gasteiger partial charge >= 0.3 is 0 Å². The van der Waals surface area contributed by atoms with Gasteiger partial charge in [0.2, 0.25) is 0 Å². The Morgan fingerprint density at radius 3 is 2.40 bits per heavy atom. The van der Waals surface area contributed by atoms with Crippen LogP contribution >= 0.6 is 0 Å². The topological polar surface area (TPSA) is 24.5 Å². The van der Waals surface area contributed by atoms with Gasteiger partial charge in [-0.1, -0.05) is 0 Å². The Kier molecular flexibility index (Phi) is 3.12. The molecule has 0 atom stereocenters. The fourth-order valence-electron chi connectivity index (χ4n) is 1.06. The number of hydrazine groups is 1. The highest BCUT2D eigenvalue weighted by Crippen LogP contribution is 1.93. The molecule has 1 saturated heterocycles. The average Bonchev–Trinajstić information content (AvgIpc) is 1.88. The van der Waals surface area contributed by atoms with Crippen LogP contribution in [-0.2, 0) is 4.74 Å². The van der Waals surface area contributed by atoms with Crippen LogP contribution in [0.3, 0.4) is 0 Å². The van der Waals surface area contributed by atoms with Gasteiger partial charge < -0.3 is 4.74 Å². The third kappa shape index (κ3) is 2.64. The Bertz CT molecular complexity index is 89.6. The van der Waals surface area contributed by atoms with Crippen LogP contribution in [-0.4, -0.2) is 37.4 Å². The fourth-order valence-corrected chi connectivity index (χ4v) is 1.06. The molecule has 1 rings (SSSR count). The standard InChI is InChI=1S/C7H16N2O/c1-7(2)8-9-3-5-10-6-4-9/h7-8H,3-6H2,1-2H3. The maximum atomic E-state index is 5.20. The van der Waals surface area contributed by atoms with Crippen molar-refractivity contribution < 1.29 is 4.74 Å². The van der Waals surface area contributed by atoms with Gasteiger partial charge in [-0.25, -0.2) is 5.01 Å². The molecule has 0 aromatic heterocycles. The van der Waals surface area contributed by atoms with E-state index in [0.717, 1.165) is 26.3 Å². The van der Waals surface area contributed by atoms with Gasteiger partial charge in [0.05, 0.1) is 13.2 Å². The number of nitrogens with one attached hydrogen (secondary N) is 1. The predicted octanol–water partition coefficient (Wildman–Crippen LogP) is 0.232. The molecule has 1 aliphatic heterocycles. The van der Waals surface area contributed by atoms with Crippen molar-refractivity contribution >= 4 is 0 Å². The lowest BCUT2D eigenvalue weighted by Crippen LogP contribution is -2.48. The Morgan fingerprint density at radius 1 is 1.30 bits per heavy atom. The van der Waals surface area contributed by atoms with Crippen molar-refractivity contribution in [3.05, 3.63) is 0 Å². The second-order valence-electron chi connectivity index (χ2n) is 2.88. The Hall–Kier alpha value is -0.120. The summed E-state index contributed by atoms with van der Waals surface area (Å²) >= 11 is 0. The van der Waals surface area contributed by atoms with E-state index in [1.54, 1.807) is 0 Å². The number of hydrogen-bond acceptors (Lipinski definition) is 3. The first-order chi connectivity index (χ1) is 4.79. The zero-order valence-electron chi connectivity index (χ0n) is 6.76. The molecule has 3 nitrogen and oxygen atoms in total. The zero-order chi connectivity index (χ0) is 7.40. The van der Waals surface area contributed by atoms with Crippen LogP contribution in [0.4, 0.5) is 0 Å². The first kappa shape index (κ1) is 7.98. The molecule has 1 fully saturated rings. The number of rotatable bonds is 2. The summed E-state index contributed by atoms with van der Waals surface area (Å²) in [5.74, 6) is 0. The van der Waals surface area contributed by atoms with Crippen molar-refractivity contribution in [1.29, 1.82) is 0 Å². The molecule has 0 amide bonds. The van der Waals surface area contributed by atoms with E-state index in [1.807, 2.05) is 0 Å². The third-order valence-corrected chi connectivity index (χ3v) is 1.45. The smallest absolute Gasteiger partial charge is 0.0608 e. The second-order valence-corrected chi connectivity index (χ2v) is 2.88. The van der Waals surface area contributed by atoms with Gasteiger partial charge in [-0.3, -0.25) is 5.43 Å². The molecule has 0 bridgehead atoms. The maximum absolute atomic E-state index is 5.20. The van der Waals surface area contributed by atoms with E-state index in [4.69, 9.17) is 4.74 Å². The SMILES string of the molecule is CC(C)NN1CCOCC1. The van der Waals surface area contributed by atoms with Gasteiger partial charge in [0.1, 0.15) is 0 Å². The summed E-state index contributed by atoms with van der Waals surface area (Å²) in [4.78, 5) is 0. The number of morpholine rings is 1. The molecule has 10 heavy (non-hydrogen) atoms. The lowest BCUT2D eigenvalue weighted by Gasteiger charge is -2.28. The summed E-state index contributed by atoms with van der Waals surface area (Å²) in [5, 5.41) is 2.22. The van der Waals surface area contributed by atoms with E-state index in [1.165, 1.54) is 0 Å². The summed E-state index contributed by atoms with van der Waals surface area (Å²) in [6.07, 6.45) is 0. The molecule has 1 aliphatic rings. The second kappa shape index (κ2) is 3.91. The van der Waals surface area contributed by atoms with E-state index in [9.17, 15) is 0 Å². The Balaban J connectivity index is 2.13. The van der Waals surface area contributed by atoms with Crippen LogP contribution in [0.2, 0.25) is 0 Å². The molecule has 0 aromatic carbocycles. The monoisotopic (exact) mass is 144 g/mol. The van der Waals surface area contributed by atoms with Gasteiger partial charge in [0.15, 0.2) is 0 Å². The first-order valence-electron chi connectivity index (χ1n) is 3.88. The normalized spacial score (nSPS) is 21.9. The number of nitrogens with zero attached hydrogens (tertiary/aromatic N) is 1. The van der Waals surface area contributed by atoms with Crippen LogP contribution in [0.15, 0.2) is 0 Å². The van der Waals surface area contributed by atoms with Crippen molar-refractivity contribution in [3.63, 3.8) is 0 Å². The van der Waals surface area contributed by atoms with Crippen molar-refractivity contribution in [2.24, 2.45) is 0 Å². The molecule has 1 heterocycles. The fraction of sp³-hybridized carbons (Fsp3) is 1.00. The molecule has 0 unspecified atom stereocenters. The zero-order valence-corrected chi connectivity index (χ0v) is 6.76. The lowest BCUT2D eigenvalue weighted by atomic mass is 10.4.